The fourth-order valence-electron chi connectivity index (χ4n) is 0.310. The van der Waals surface area contributed by atoms with Crippen LogP contribution in [-0.2, 0) is 14.3 Å². The van der Waals surface area contributed by atoms with Crippen LogP contribution in [0.4, 0.5) is 13.2 Å². The molecule has 0 fully saturated rings. The van der Waals surface area contributed by atoms with Crippen LogP contribution >= 0.6 is 11.6 Å². The second-order valence-electron chi connectivity index (χ2n) is 3.68. The van der Waals surface area contributed by atoms with E-state index in [0.717, 1.165) is 0 Å². The Morgan fingerprint density at radius 2 is 1.64 bits per heavy atom. The van der Waals surface area contributed by atoms with Gasteiger partial charge in [0.15, 0.2) is 0 Å². The monoisotopic (exact) mass is 270 g/mol. The van der Waals surface area contributed by atoms with E-state index in [1.165, 1.54) is 0 Å². The molecule has 0 bridgehead atoms. The van der Waals surface area contributed by atoms with Gasteiger partial charge in [0.25, 0.3) is 0 Å². The molecule has 0 N–H and O–H groups in total. The van der Waals surface area contributed by atoms with E-state index in [1.54, 1.807) is 19.6 Å². The molecule has 3 nitrogen and oxygen atoms in total. The maximum absolute atomic E-state index is 11.8. The van der Waals surface area contributed by atoms with Gasteiger partial charge in [-0.2, -0.15) is 21.6 Å². The maximum Gasteiger partial charge on any atom is 0.523 e. The summed E-state index contributed by atoms with van der Waals surface area (Å²) in [6, 6.07) is 0. The lowest BCUT2D eigenvalue weighted by Crippen LogP contribution is -2.40. The van der Waals surface area contributed by atoms with E-state index < -0.39 is 28.9 Å². The third-order valence-electron chi connectivity index (χ3n) is 1.18. The first kappa shape index (κ1) is 14.2. The topological polar surface area (TPSA) is 43.4 Å². The molecule has 0 saturated heterocycles. The van der Waals surface area contributed by atoms with Crippen molar-refractivity contribution in [2.75, 3.05) is 0 Å². The van der Waals surface area contributed by atoms with Crippen molar-refractivity contribution >= 4 is 29.8 Å². The fraction of sp³-hybridized carbons (Fsp3) is 1.00. The summed E-state index contributed by atoms with van der Waals surface area (Å²) in [4.78, 5) is 0. The highest BCUT2D eigenvalue weighted by molar-refractivity contribution is 7.87. The van der Waals surface area contributed by atoms with Crippen LogP contribution in [0.2, 0.25) is 19.6 Å². The summed E-state index contributed by atoms with van der Waals surface area (Å²) in [6.45, 7) is 4.78. The van der Waals surface area contributed by atoms with E-state index >= 15 is 0 Å². The van der Waals surface area contributed by atoms with E-state index in [0.29, 0.717) is 0 Å². The molecule has 0 spiro atoms. The number of hydrogen-bond acceptors (Lipinski definition) is 3. The Kier molecular flexibility index (Phi) is 4.05. The third-order valence-corrected chi connectivity index (χ3v) is 6.00. The van der Waals surface area contributed by atoms with Crippen molar-refractivity contribution in [3.05, 3.63) is 0 Å². The highest BCUT2D eigenvalue weighted by Crippen LogP contribution is 2.28. The van der Waals surface area contributed by atoms with Gasteiger partial charge in [0.05, 0.1) is 8.07 Å². The normalized spacial score (nSPS) is 16.8. The van der Waals surface area contributed by atoms with E-state index in [-0.39, 0.29) is 0 Å². The molecule has 0 heterocycles. The second-order valence-corrected chi connectivity index (χ2v) is 11.3. The second kappa shape index (κ2) is 3.99. The molecular formula is C5H10ClF3O3SSi. The first-order valence-electron chi connectivity index (χ1n) is 3.51. The molecule has 0 aliphatic carbocycles. The van der Waals surface area contributed by atoms with Crippen LogP contribution < -0.4 is 0 Å². The average Bonchev–Trinajstić information content (AvgIpc) is 1.80. The Labute approximate surface area is 86.3 Å². The zero-order valence-electron chi connectivity index (χ0n) is 7.72. The summed E-state index contributed by atoms with van der Waals surface area (Å²) in [5.41, 5.74) is -5.42. The van der Waals surface area contributed by atoms with Gasteiger partial charge in [0, 0.05) is 0 Å². The quantitative estimate of drug-likeness (QED) is 0.342. The van der Waals surface area contributed by atoms with Gasteiger partial charge in [-0.25, -0.2) is 4.18 Å². The van der Waals surface area contributed by atoms with Crippen molar-refractivity contribution in [3.63, 3.8) is 0 Å². The van der Waals surface area contributed by atoms with Gasteiger partial charge in [-0.3, -0.25) is 0 Å². The Morgan fingerprint density at radius 3 is 1.86 bits per heavy atom. The van der Waals surface area contributed by atoms with Crippen LogP contribution in [0.15, 0.2) is 0 Å². The molecule has 1 unspecified atom stereocenters. The molecule has 1 atom stereocenters. The summed E-state index contributed by atoms with van der Waals surface area (Å²) in [6.07, 6.45) is 0. The van der Waals surface area contributed by atoms with Crippen molar-refractivity contribution in [2.24, 2.45) is 0 Å². The minimum Gasteiger partial charge on any atom is -0.248 e. The van der Waals surface area contributed by atoms with Gasteiger partial charge < -0.3 is 0 Å². The van der Waals surface area contributed by atoms with E-state index in [4.69, 9.17) is 11.6 Å². The SMILES string of the molecule is C[Si](C)(C)C(Cl)OS(=O)(=O)C(F)(F)F. The number of hydrogen-bond donors (Lipinski definition) is 0. The minimum atomic E-state index is -5.58. The molecule has 14 heavy (non-hydrogen) atoms. The van der Waals surface area contributed by atoms with Crippen molar-refractivity contribution in [2.45, 2.75) is 30.3 Å². The molecule has 0 aromatic carbocycles. The smallest absolute Gasteiger partial charge is 0.248 e. The molecule has 0 saturated carbocycles. The van der Waals surface area contributed by atoms with Gasteiger partial charge >= 0.3 is 15.6 Å². The van der Waals surface area contributed by atoms with Crippen LogP contribution in [0.25, 0.3) is 0 Å². The van der Waals surface area contributed by atoms with Crippen molar-refractivity contribution in [1.82, 2.24) is 0 Å². The van der Waals surface area contributed by atoms with Crippen LogP contribution in [-0.4, -0.2) is 27.2 Å². The number of halogens is 4. The molecule has 0 rings (SSSR count). The molecule has 0 aromatic heterocycles. The number of rotatable bonds is 3. The lowest BCUT2D eigenvalue weighted by Gasteiger charge is -2.22. The van der Waals surface area contributed by atoms with Crippen molar-refractivity contribution < 1.29 is 25.8 Å². The van der Waals surface area contributed by atoms with Gasteiger partial charge in [-0.1, -0.05) is 31.2 Å². The Hall–Kier alpha value is 0.207. The lowest BCUT2D eigenvalue weighted by molar-refractivity contribution is -0.0539. The summed E-state index contributed by atoms with van der Waals surface area (Å²) in [7, 11) is -7.86. The molecule has 0 aliphatic rings. The van der Waals surface area contributed by atoms with Crippen LogP contribution in [0, 0.1) is 0 Å². The van der Waals surface area contributed by atoms with Gasteiger partial charge in [0.1, 0.15) is 5.19 Å². The summed E-state index contributed by atoms with van der Waals surface area (Å²) < 4.78 is 60.3. The van der Waals surface area contributed by atoms with Crippen LogP contribution in [0.5, 0.6) is 0 Å². The van der Waals surface area contributed by atoms with Crippen LogP contribution in [0.3, 0.4) is 0 Å². The molecule has 0 aromatic rings. The highest BCUT2D eigenvalue weighted by atomic mass is 35.5. The van der Waals surface area contributed by atoms with Gasteiger partial charge in [-0.05, 0) is 0 Å². The first-order valence-corrected chi connectivity index (χ1v) is 8.94. The van der Waals surface area contributed by atoms with E-state index in [9.17, 15) is 21.6 Å². The van der Waals surface area contributed by atoms with E-state index in [2.05, 4.69) is 4.18 Å². The van der Waals surface area contributed by atoms with Gasteiger partial charge in [-0.15, -0.1) is 0 Å². The zero-order valence-corrected chi connectivity index (χ0v) is 10.3. The van der Waals surface area contributed by atoms with Crippen LogP contribution in [0.1, 0.15) is 0 Å². The molecule has 0 aliphatic heterocycles. The zero-order chi connectivity index (χ0) is 11.8. The van der Waals surface area contributed by atoms with Gasteiger partial charge in [0.2, 0.25) is 0 Å². The molecule has 9 heteroatoms. The first-order chi connectivity index (χ1) is 5.88. The van der Waals surface area contributed by atoms with Crippen molar-refractivity contribution in [3.8, 4) is 0 Å². The predicted molar refractivity (Wildman–Crippen MR) is 49.0 cm³/mol. The third kappa shape index (κ3) is 3.75. The lowest BCUT2D eigenvalue weighted by atomic mass is 11.6. The predicted octanol–water partition coefficient (Wildman–Crippen LogP) is 2.29. The summed E-state index contributed by atoms with van der Waals surface area (Å²) >= 11 is 5.41. The highest BCUT2D eigenvalue weighted by Gasteiger charge is 2.49. The largest absolute Gasteiger partial charge is 0.523 e. The van der Waals surface area contributed by atoms with E-state index in [1.807, 2.05) is 0 Å². The Balaban J connectivity index is 4.72. The molecule has 86 valence electrons. The molecular weight excluding hydrogens is 261 g/mol. The standard InChI is InChI=1S/C5H10ClF3O3SSi/c1-14(2,3)4(6)12-13(10,11)5(7,8)9/h4H,1-3H3. The Morgan fingerprint density at radius 1 is 1.29 bits per heavy atom. The number of alkyl halides is 4. The Bertz CT molecular complexity index is 294. The average molecular weight is 271 g/mol. The maximum atomic E-state index is 11.8. The van der Waals surface area contributed by atoms with Crippen molar-refractivity contribution in [1.29, 1.82) is 0 Å². The minimum absolute atomic E-state index is 1.42. The molecule has 0 amide bonds. The summed E-state index contributed by atoms with van der Waals surface area (Å²) in [5.74, 6) is 0. The molecule has 0 radical (unpaired) electrons. The summed E-state index contributed by atoms with van der Waals surface area (Å²) in [5, 5.41) is -1.42. The fourth-order valence-corrected chi connectivity index (χ4v) is 2.46.